The van der Waals surface area contributed by atoms with Crippen molar-refractivity contribution in [3.8, 4) is 0 Å². The molecule has 0 aromatic carbocycles. The van der Waals surface area contributed by atoms with Crippen molar-refractivity contribution in [2.24, 2.45) is 11.8 Å². The van der Waals surface area contributed by atoms with Crippen LogP contribution in [-0.4, -0.2) is 28.3 Å². The molecular weight excluding hydrogens is 306 g/mol. The lowest BCUT2D eigenvalue weighted by Gasteiger charge is -2.38. The van der Waals surface area contributed by atoms with E-state index >= 15 is 0 Å². The summed E-state index contributed by atoms with van der Waals surface area (Å²) in [5.41, 5.74) is -1.97. The molecule has 0 bridgehead atoms. The summed E-state index contributed by atoms with van der Waals surface area (Å²) in [6, 6.07) is 0. The third kappa shape index (κ3) is 6.93. The molecule has 0 aromatic rings. The number of rotatable bonds is 10. The van der Waals surface area contributed by atoms with Gasteiger partial charge in [-0.25, -0.2) is 9.59 Å². The largest absolute Gasteiger partial charge is 0.479 e. The van der Waals surface area contributed by atoms with Gasteiger partial charge in [-0.05, 0) is 58.3 Å². The summed E-state index contributed by atoms with van der Waals surface area (Å²) in [4.78, 5) is 24.3. The molecule has 2 unspecified atom stereocenters. The summed E-state index contributed by atoms with van der Waals surface area (Å²) in [7, 11) is 0. The first-order valence-electron chi connectivity index (χ1n) is 8.87. The molecule has 140 valence electrons. The predicted octanol–water partition coefficient (Wildman–Crippen LogP) is 4.76. The fraction of sp³-hybridized carbons (Fsp3) is 0.789. The molecule has 0 heterocycles. The van der Waals surface area contributed by atoms with Crippen molar-refractivity contribution >= 4 is 12.1 Å². The maximum absolute atomic E-state index is 12.2. The number of nitrogens with one attached hydrogen (secondary N) is 1. The second-order valence-corrected chi connectivity index (χ2v) is 7.57. The maximum Gasteiger partial charge on any atom is 0.408 e. The second-order valence-electron chi connectivity index (χ2n) is 7.57. The summed E-state index contributed by atoms with van der Waals surface area (Å²) in [6.45, 7) is 14.9. The Balaban J connectivity index is 5.34. The molecule has 0 aliphatic carbocycles. The minimum atomic E-state index is -1.31. The number of carboxylic acids is 1. The molecule has 0 saturated carbocycles. The van der Waals surface area contributed by atoms with E-state index in [4.69, 9.17) is 4.74 Å². The van der Waals surface area contributed by atoms with Gasteiger partial charge in [0.2, 0.25) is 0 Å². The quantitative estimate of drug-likeness (QED) is 0.562. The lowest BCUT2D eigenvalue weighted by Crippen LogP contribution is -2.60. The molecule has 0 aromatic heterocycles. The molecule has 0 spiro atoms. The number of aliphatic carboxylic acids is 1. The van der Waals surface area contributed by atoms with Crippen molar-refractivity contribution in [1.82, 2.24) is 5.32 Å². The third-order valence-corrected chi connectivity index (χ3v) is 4.40. The highest BCUT2D eigenvalue weighted by atomic mass is 16.6. The van der Waals surface area contributed by atoms with Crippen LogP contribution < -0.4 is 5.32 Å². The van der Waals surface area contributed by atoms with E-state index in [1.807, 2.05) is 13.0 Å². The van der Waals surface area contributed by atoms with E-state index < -0.39 is 23.2 Å². The van der Waals surface area contributed by atoms with Crippen LogP contribution in [0.15, 0.2) is 12.7 Å². The van der Waals surface area contributed by atoms with Crippen LogP contribution in [0.5, 0.6) is 0 Å². The standard InChI is InChI=1S/C19H35NO4/c1-8-11-12-14(4)13-15(9-2)19(10-3,16(21)22)20-17(23)24-18(5,6)7/h8,14-15H,1,9-13H2,2-7H3,(H,20,23)(H,21,22)/t14?,15-,19?/m1/s1. The lowest BCUT2D eigenvalue weighted by atomic mass is 9.74. The van der Waals surface area contributed by atoms with Crippen LogP contribution in [0.2, 0.25) is 0 Å². The average molecular weight is 341 g/mol. The van der Waals surface area contributed by atoms with Gasteiger partial charge in [0.25, 0.3) is 0 Å². The molecule has 24 heavy (non-hydrogen) atoms. The Kier molecular flexibility index (Phi) is 9.08. The van der Waals surface area contributed by atoms with E-state index in [1.54, 1.807) is 27.7 Å². The van der Waals surface area contributed by atoms with Crippen LogP contribution >= 0.6 is 0 Å². The first kappa shape index (κ1) is 22.5. The van der Waals surface area contributed by atoms with Crippen LogP contribution in [0, 0.1) is 11.8 Å². The normalized spacial score (nSPS) is 16.6. The second kappa shape index (κ2) is 9.70. The molecule has 0 saturated heterocycles. The Hall–Kier alpha value is -1.52. The molecule has 5 nitrogen and oxygen atoms in total. The lowest BCUT2D eigenvalue weighted by molar-refractivity contribution is -0.148. The molecular formula is C19H35NO4. The molecule has 0 rings (SSSR count). The van der Waals surface area contributed by atoms with E-state index in [2.05, 4.69) is 18.8 Å². The van der Waals surface area contributed by atoms with Crippen LogP contribution in [0.4, 0.5) is 4.79 Å². The molecule has 2 N–H and O–H groups in total. The van der Waals surface area contributed by atoms with E-state index in [0.29, 0.717) is 18.8 Å². The van der Waals surface area contributed by atoms with E-state index in [0.717, 1.165) is 19.3 Å². The van der Waals surface area contributed by atoms with E-state index in [9.17, 15) is 14.7 Å². The first-order valence-corrected chi connectivity index (χ1v) is 8.87. The van der Waals surface area contributed by atoms with Gasteiger partial charge in [0.15, 0.2) is 0 Å². The Bertz CT molecular complexity index is 428. The van der Waals surface area contributed by atoms with Crippen LogP contribution in [-0.2, 0) is 9.53 Å². The first-order chi connectivity index (χ1) is 11.0. The summed E-state index contributed by atoms with van der Waals surface area (Å²) in [5, 5.41) is 12.5. The fourth-order valence-electron chi connectivity index (χ4n) is 3.07. The summed E-state index contributed by atoms with van der Waals surface area (Å²) < 4.78 is 5.28. The topological polar surface area (TPSA) is 75.6 Å². The number of hydrogen-bond donors (Lipinski definition) is 2. The Morgan fingerprint density at radius 3 is 2.25 bits per heavy atom. The summed E-state index contributed by atoms with van der Waals surface area (Å²) in [6.07, 6.45) is 4.79. The zero-order valence-corrected chi connectivity index (χ0v) is 16.1. The van der Waals surface area contributed by atoms with Gasteiger partial charge in [-0.1, -0.05) is 33.3 Å². The molecule has 5 heteroatoms. The van der Waals surface area contributed by atoms with Crippen molar-refractivity contribution in [3.05, 3.63) is 12.7 Å². The molecule has 0 aliphatic rings. The van der Waals surface area contributed by atoms with Gasteiger partial charge in [0.05, 0.1) is 0 Å². The van der Waals surface area contributed by atoms with Gasteiger partial charge in [-0.15, -0.1) is 6.58 Å². The number of allylic oxidation sites excluding steroid dienone is 1. The van der Waals surface area contributed by atoms with Gasteiger partial charge in [-0.2, -0.15) is 0 Å². The van der Waals surface area contributed by atoms with Crippen molar-refractivity contribution in [1.29, 1.82) is 0 Å². The zero-order chi connectivity index (χ0) is 19.0. The number of alkyl carbamates (subject to hydrolysis) is 1. The van der Waals surface area contributed by atoms with E-state index in [-0.39, 0.29) is 5.92 Å². The number of carboxylic acid groups (broad SMARTS) is 1. The van der Waals surface area contributed by atoms with Gasteiger partial charge in [0.1, 0.15) is 11.1 Å². The highest BCUT2D eigenvalue weighted by Gasteiger charge is 2.46. The number of carbonyl (C=O) groups is 2. The smallest absolute Gasteiger partial charge is 0.408 e. The zero-order valence-electron chi connectivity index (χ0n) is 16.1. The predicted molar refractivity (Wildman–Crippen MR) is 97.0 cm³/mol. The minimum Gasteiger partial charge on any atom is -0.479 e. The Labute approximate surface area is 146 Å². The Morgan fingerprint density at radius 2 is 1.88 bits per heavy atom. The van der Waals surface area contributed by atoms with Gasteiger partial charge in [-0.3, -0.25) is 0 Å². The summed E-state index contributed by atoms with van der Waals surface area (Å²) >= 11 is 0. The Morgan fingerprint density at radius 1 is 1.29 bits per heavy atom. The number of amides is 1. The van der Waals surface area contributed by atoms with Crippen molar-refractivity contribution in [2.45, 2.75) is 84.8 Å². The summed E-state index contributed by atoms with van der Waals surface area (Å²) in [5.74, 6) is -0.801. The van der Waals surface area contributed by atoms with Crippen molar-refractivity contribution in [2.75, 3.05) is 0 Å². The molecule has 3 atom stereocenters. The highest BCUT2D eigenvalue weighted by molar-refractivity contribution is 5.84. The van der Waals surface area contributed by atoms with Crippen LogP contribution in [0.1, 0.15) is 73.6 Å². The third-order valence-electron chi connectivity index (χ3n) is 4.40. The van der Waals surface area contributed by atoms with Crippen LogP contribution in [0.3, 0.4) is 0 Å². The molecule has 0 fully saturated rings. The highest BCUT2D eigenvalue weighted by Crippen LogP contribution is 2.32. The fourth-order valence-corrected chi connectivity index (χ4v) is 3.07. The monoisotopic (exact) mass is 341 g/mol. The molecule has 0 aliphatic heterocycles. The minimum absolute atomic E-state index is 0.160. The maximum atomic E-state index is 12.2. The van der Waals surface area contributed by atoms with Gasteiger partial charge in [0, 0.05) is 0 Å². The number of hydrogen-bond acceptors (Lipinski definition) is 3. The van der Waals surface area contributed by atoms with Gasteiger partial charge >= 0.3 is 12.1 Å². The average Bonchev–Trinajstić information content (AvgIpc) is 2.46. The van der Waals surface area contributed by atoms with Crippen LogP contribution in [0.25, 0.3) is 0 Å². The van der Waals surface area contributed by atoms with Crippen molar-refractivity contribution < 1.29 is 19.4 Å². The number of carbonyl (C=O) groups excluding carboxylic acids is 1. The number of ether oxygens (including phenoxy) is 1. The van der Waals surface area contributed by atoms with Crippen molar-refractivity contribution in [3.63, 3.8) is 0 Å². The molecule has 0 radical (unpaired) electrons. The SMILES string of the molecule is C=CCCC(C)C[C@@H](CC)C(CC)(NC(=O)OC(C)(C)C)C(=O)O. The van der Waals surface area contributed by atoms with E-state index in [1.165, 1.54) is 0 Å². The van der Waals surface area contributed by atoms with Gasteiger partial charge < -0.3 is 15.2 Å². The molecule has 1 amide bonds.